The van der Waals surface area contributed by atoms with Crippen molar-refractivity contribution in [2.75, 3.05) is 61.8 Å². The summed E-state index contributed by atoms with van der Waals surface area (Å²) in [6, 6.07) is 26.5. The third kappa shape index (κ3) is 37.7. The third-order valence-electron chi connectivity index (χ3n) is 12.9. The lowest BCUT2D eigenvalue weighted by atomic mass is 10.0. The van der Waals surface area contributed by atoms with Gasteiger partial charge in [-0.3, -0.25) is 33.6 Å². The summed E-state index contributed by atoms with van der Waals surface area (Å²) < 4.78 is 81.9. The van der Waals surface area contributed by atoms with Crippen LogP contribution in [0.2, 0.25) is 0 Å². The van der Waals surface area contributed by atoms with E-state index in [2.05, 4.69) is 25.5 Å². The molecule has 0 aliphatic heterocycles. The maximum atomic E-state index is 13.3. The smallest absolute Gasteiger partial charge is 0.416 e. The van der Waals surface area contributed by atoms with Crippen molar-refractivity contribution in [3.63, 3.8) is 0 Å². The molecule has 21 heteroatoms. The number of rotatable bonds is 16. The molecule has 0 aliphatic rings. The molecular weight excluding hydrogens is 1210 g/mol. The van der Waals surface area contributed by atoms with Gasteiger partial charge in [0.1, 0.15) is 5.82 Å². The Balaban J connectivity index is -0.000000505. The number of amides is 6. The van der Waals surface area contributed by atoms with E-state index in [4.69, 9.17) is 0 Å². The molecule has 0 aromatic heterocycles. The summed E-state index contributed by atoms with van der Waals surface area (Å²) in [6.07, 6.45) is 7.34. The molecule has 3 N–H and O–H groups in total. The van der Waals surface area contributed by atoms with Crippen LogP contribution in [0.3, 0.4) is 0 Å². The zero-order valence-corrected chi connectivity index (χ0v) is 57.3. The molecule has 0 atom stereocenters. The lowest BCUT2D eigenvalue weighted by molar-refractivity contribution is -0.163. The number of esters is 1. The number of hydrogen-bond donors (Lipinski definition) is 3. The molecule has 0 aliphatic carbocycles. The Labute approximate surface area is 549 Å². The number of ether oxygens (including phenoxy) is 1. The summed E-state index contributed by atoms with van der Waals surface area (Å²) in [5.74, 6) is -4.77. The minimum atomic E-state index is -4.78. The van der Waals surface area contributed by atoms with E-state index in [9.17, 15) is 59.9 Å². The molecule has 4 aromatic rings. The Kier molecular flexibility index (Phi) is 47.2. The van der Waals surface area contributed by atoms with Gasteiger partial charge in [0.25, 0.3) is 35.5 Å². The fourth-order valence-corrected chi connectivity index (χ4v) is 6.11. The molecule has 0 radical (unpaired) electrons. The van der Waals surface area contributed by atoms with Gasteiger partial charge in [-0.1, -0.05) is 86.4 Å². The molecule has 0 heterocycles. The molecule has 15 nitrogen and oxygen atoms in total. The van der Waals surface area contributed by atoms with Crippen molar-refractivity contribution in [3.05, 3.63) is 202 Å². The number of carbonyl (C=O) groups is 7. The zero-order chi connectivity index (χ0) is 71.5. The van der Waals surface area contributed by atoms with Crippen molar-refractivity contribution in [1.29, 1.82) is 0 Å². The summed E-state index contributed by atoms with van der Waals surface area (Å²) in [5, 5.41) is 8.80. The number of nitrogens with one attached hydrogen (secondary N) is 3. The largest absolute Gasteiger partial charge is 0.463 e. The molecule has 0 spiro atoms. The topological polar surface area (TPSA) is 184 Å². The van der Waals surface area contributed by atoms with E-state index in [1.165, 1.54) is 49.4 Å². The summed E-state index contributed by atoms with van der Waals surface area (Å²) in [7, 11) is 4.82. The fraction of sp³-hybridized carbons (Fsp3) is 0.375. The van der Waals surface area contributed by atoms with E-state index in [-0.39, 0.29) is 60.0 Å². The number of halogens is 6. The minimum absolute atomic E-state index is 0. The highest BCUT2D eigenvalue weighted by atomic mass is 19.4. The number of alkyl halides is 5. The number of anilines is 4. The second kappa shape index (κ2) is 48.7. The van der Waals surface area contributed by atoms with Crippen LogP contribution in [0.5, 0.6) is 0 Å². The highest BCUT2D eigenvalue weighted by Crippen LogP contribution is 2.37. The number of likely N-dealkylation sites (N-methyl/N-ethyl adjacent to an activating group) is 3. The molecule has 0 saturated carbocycles. The molecule has 0 fully saturated rings. The SMILES string of the molecule is C.C/C=C(/C)C(=O)N(C)OC.C/C=C(/C)C(=O)N(C)c1ccccc1.C/C=C(/C)C(=O)N(CC)CC.C/C=C(/C)C(=O)Nc1cc(C(C)(F)F)cc(C(F)(F)F)c1.C/C=C(/C)C(=O)Nc1ccc(F)cc1.C/C=C(/C)C(=O)Nc1ccccc1.C/C=C(/C)C(=O)OCC. The fourth-order valence-electron chi connectivity index (χ4n) is 6.11. The van der Waals surface area contributed by atoms with E-state index >= 15 is 0 Å². The Bertz CT molecular complexity index is 3130. The van der Waals surface area contributed by atoms with Crippen molar-refractivity contribution >= 4 is 64.2 Å². The number of benzene rings is 4. The second-order valence-corrected chi connectivity index (χ2v) is 19.6. The van der Waals surface area contributed by atoms with Crippen LogP contribution in [0.1, 0.15) is 143 Å². The predicted molar refractivity (Wildman–Crippen MR) is 367 cm³/mol. The maximum absolute atomic E-state index is 13.3. The second-order valence-electron chi connectivity index (χ2n) is 19.6. The Hall–Kier alpha value is -9.11. The van der Waals surface area contributed by atoms with Crippen LogP contribution >= 0.6 is 0 Å². The van der Waals surface area contributed by atoms with Gasteiger partial charge in [-0.15, -0.1) is 0 Å². The van der Waals surface area contributed by atoms with Crippen LogP contribution in [0.4, 0.5) is 49.1 Å². The van der Waals surface area contributed by atoms with Crippen molar-refractivity contribution in [2.24, 2.45) is 0 Å². The highest BCUT2D eigenvalue weighted by Gasteiger charge is 2.35. The van der Waals surface area contributed by atoms with Crippen LogP contribution in [0.15, 0.2) is 185 Å². The quantitative estimate of drug-likeness (QED) is 0.0425. The van der Waals surface area contributed by atoms with Gasteiger partial charge < -0.3 is 30.5 Å². The molecule has 4 rings (SSSR count). The number of para-hydroxylation sites is 2. The van der Waals surface area contributed by atoms with E-state index in [1.807, 2.05) is 140 Å². The lowest BCUT2D eigenvalue weighted by Crippen LogP contribution is -2.30. The monoisotopic (exact) mass is 1310 g/mol. The molecule has 93 heavy (non-hydrogen) atoms. The van der Waals surface area contributed by atoms with Crippen LogP contribution in [0, 0.1) is 5.82 Å². The van der Waals surface area contributed by atoms with E-state index < -0.39 is 29.1 Å². The Morgan fingerprint density at radius 1 is 0.473 bits per heavy atom. The number of nitrogens with zero attached hydrogens (tertiary/aromatic N) is 3. The van der Waals surface area contributed by atoms with Gasteiger partial charge in [0.05, 0.1) is 19.3 Å². The molecule has 514 valence electrons. The van der Waals surface area contributed by atoms with E-state index in [1.54, 1.807) is 91.8 Å². The number of hydrogen-bond acceptors (Lipinski definition) is 9. The molecule has 0 bridgehead atoms. The Morgan fingerprint density at radius 3 is 1.18 bits per heavy atom. The first kappa shape index (κ1) is 90.3. The average Bonchev–Trinajstić information content (AvgIpc) is 0.837. The molecule has 0 saturated heterocycles. The van der Waals surface area contributed by atoms with Crippen LogP contribution < -0.4 is 20.9 Å². The molecule has 0 unspecified atom stereocenters. The molecular formula is C72H100F6N6O9. The summed E-state index contributed by atoms with van der Waals surface area (Å²) in [5.41, 5.74) is 4.51. The Morgan fingerprint density at radius 2 is 0.828 bits per heavy atom. The lowest BCUT2D eigenvalue weighted by Gasteiger charge is -2.18. The van der Waals surface area contributed by atoms with Crippen LogP contribution in [-0.2, 0) is 55.2 Å². The van der Waals surface area contributed by atoms with Crippen molar-refractivity contribution in [1.82, 2.24) is 9.96 Å². The van der Waals surface area contributed by atoms with Crippen molar-refractivity contribution in [2.45, 2.75) is 144 Å². The van der Waals surface area contributed by atoms with Gasteiger partial charge in [-0.05, 0) is 184 Å². The molecule has 4 aromatic carbocycles. The van der Waals surface area contributed by atoms with E-state index in [0.29, 0.717) is 48.1 Å². The average molecular weight is 1310 g/mol. The van der Waals surface area contributed by atoms with Gasteiger partial charge in [0, 0.05) is 101 Å². The highest BCUT2D eigenvalue weighted by molar-refractivity contribution is 6.05. The van der Waals surface area contributed by atoms with E-state index in [0.717, 1.165) is 47.2 Å². The van der Waals surface area contributed by atoms with Gasteiger partial charge in [-0.25, -0.2) is 23.0 Å². The van der Waals surface area contributed by atoms with Crippen molar-refractivity contribution in [3.8, 4) is 0 Å². The van der Waals surface area contributed by atoms with Gasteiger partial charge in [0.15, 0.2) is 0 Å². The predicted octanol–water partition coefficient (Wildman–Crippen LogP) is 17.6. The molecule has 6 amide bonds. The van der Waals surface area contributed by atoms with Crippen LogP contribution in [0.25, 0.3) is 0 Å². The first-order valence-electron chi connectivity index (χ1n) is 29.4. The maximum Gasteiger partial charge on any atom is 0.416 e. The summed E-state index contributed by atoms with van der Waals surface area (Å²) in [6.45, 7) is 33.0. The zero-order valence-electron chi connectivity index (χ0n) is 57.3. The standard InChI is InChI=1S/C14H14F5NO.C12H15NO.C11H12FNO.C11H13NO.C9H17NO.C7H13NO2.C7H12O2.CH4/c1-4-8(2)12(21)20-11-6-9(13(3,15)16)5-10(7-11)14(17,18)19;1-4-10(2)12(14)13(3)11-8-6-5-7-9-11;1-3-8(2)11(14)13-10-6-4-9(12)5-7-10;1-3-9(2)11(13)12-10-7-5-4-6-8-10;1-5-8(4)9(11)10(6-2)7-3;1-5-6(2)7(9)8(3)10-4;1-4-6(3)7(8)9-5-2;/h4-7H,1-3H3,(H,20,21);4-9H,1-3H3;3-7H,1-2H3,(H,13,14);3-8H,1-2H3,(H,12,13);5H,6-7H2,1-4H3;5H,1-4H3;4H,5H2,1-3H3;1H4/b8-4-;10-4-;8-3-;9-3-;8-5-;6-5-;6-4-;. The summed E-state index contributed by atoms with van der Waals surface area (Å²) in [4.78, 5) is 87.3. The van der Waals surface area contributed by atoms with Gasteiger partial charge in [-0.2, -0.15) is 13.2 Å². The summed E-state index contributed by atoms with van der Waals surface area (Å²) >= 11 is 0. The first-order valence-corrected chi connectivity index (χ1v) is 29.4. The first-order chi connectivity index (χ1) is 43.0. The normalized spacial score (nSPS) is 11.6. The van der Waals surface area contributed by atoms with Crippen LogP contribution in [-0.4, -0.2) is 92.3 Å². The third-order valence-corrected chi connectivity index (χ3v) is 12.9. The van der Waals surface area contributed by atoms with Crippen molar-refractivity contribution < 1.29 is 69.5 Å². The van der Waals surface area contributed by atoms with Gasteiger partial charge >= 0.3 is 12.1 Å². The minimum Gasteiger partial charge on any atom is -0.463 e. The van der Waals surface area contributed by atoms with Gasteiger partial charge in [0.2, 0.25) is 5.91 Å². The number of hydroxylamine groups is 2. The number of allylic oxidation sites excluding steroid dienone is 7. The number of carbonyl (C=O) groups excluding carboxylic acids is 7.